The fourth-order valence-corrected chi connectivity index (χ4v) is 5.66. The van der Waals surface area contributed by atoms with Crippen molar-refractivity contribution in [2.45, 2.75) is 25.7 Å². The Balaban J connectivity index is 1.48. The third-order valence-electron chi connectivity index (χ3n) is 6.46. The summed E-state index contributed by atoms with van der Waals surface area (Å²) in [6, 6.07) is 17.2. The first kappa shape index (κ1) is 25.4. The first-order valence-electron chi connectivity index (χ1n) is 12.1. The van der Waals surface area contributed by atoms with E-state index in [4.69, 9.17) is 4.74 Å². The van der Waals surface area contributed by atoms with Crippen LogP contribution in [0.1, 0.15) is 29.1 Å². The molecule has 0 amide bonds. The smallest absolute Gasteiger partial charge is 0.378 e. The van der Waals surface area contributed by atoms with Gasteiger partial charge in [-0.1, -0.05) is 24.3 Å². The van der Waals surface area contributed by atoms with E-state index >= 15 is 0 Å². The second-order valence-electron chi connectivity index (χ2n) is 8.98. The summed E-state index contributed by atoms with van der Waals surface area (Å²) in [6.07, 6.45) is -4.60. The third kappa shape index (κ3) is 5.41. The number of benzene rings is 2. The summed E-state index contributed by atoms with van der Waals surface area (Å²) in [4.78, 5) is 4.29. The van der Waals surface area contributed by atoms with Crippen LogP contribution in [0.2, 0.25) is 0 Å². The molecule has 1 aliphatic heterocycles. The number of nitrogens with zero attached hydrogens (tertiary/aromatic N) is 3. The molecule has 4 aromatic rings. The van der Waals surface area contributed by atoms with Gasteiger partial charge in [0.2, 0.25) is 0 Å². The second kappa shape index (κ2) is 10.6. The summed E-state index contributed by atoms with van der Waals surface area (Å²) in [6.45, 7) is 5.27. The highest BCUT2D eigenvalue weighted by molar-refractivity contribution is 7.15. The largest absolute Gasteiger partial charge is 0.435 e. The van der Waals surface area contributed by atoms with Crippen LogP contribution in [-0.2, 0) is 17.5 Å². The zero-order valence-corrected chi connectivity index (χ0v) is 21.4. The van der Waals surface area contributed by atoms with Crippen molar-refractivity contribution in [3.05, 3.63) is 70.7 Å². The van der Waals surface area contributed by atoms with Gasteiger partial charge in [-0.25, -0.2) is 0 Å². The Morgan fingerprint density at radius 2 is 1.81 bits per heavy atom. The lowest BCUT2D eigenvalue weighted by atomic mass is 10.1. The molecule has 5 rings (SSSR count). The number of halogens is 3. The number of hydrogen-bond acceptors (Lipinski definition) is 7. The Labute approximate surface area is 217 Å². The monoisotopic (exact) mass is 527 g/mol. The Kier molecular flexibility index (Phi) is 7.32. The van der Waals surface area contributed by atoms with Gasteiger partial charge < -0.3 is 20.3 Å². The van der Waals surface area contributed by atoms with E-state index in [1.54, 1.807) is 23.5 Å². The molecule has 3 heterocycles. The van der Waals surface area contributed by atoms with Gasteiger partial charge in [-0.15, -0.1) is 21.5 Å². The molecule has 0 saturated carbocycles. The number of rotatable bonds is 7. The fraction of sp³-hybridized carbons (Fsp3) is 0.333. The topological polar surface area (TPSA) is 62.3 Å². The molecule has 194 valence electrons. The van der Waals surface area contributed by atoms with Crippen molar-refractivity contribution in [2.24, 2.45) is 0 Å². The van der Waals surface area contributed by atoms with Crippen molar-refractivity contribution in [3.63, 3.8) is 0 Å². The lowest BCUT2D eigenvalue weighted by Crippen LogP contribution is -2.36. The molecule has 1 aliphatic rings. The first-order valence-corrected chi connectivity index (χ1v) is 13.0. The maximum absolute atomic E-state index is 13.7. The number of nitrogens with one attached hydrogen (secondary N) is 2. The average Bonchev–Trinajstić information content (AvgIpc) is 3.39. The molecule has 37 heavy (non-hydrogen) atoms. The predicted octanol–water partition coefficient (Wildman–Crippen LogP) is 6.11. The summed E-state index contributed by atoms with van der Waals surface area (Å²) in [5, 5.41) is 14.5. The van der Waals surface area contributed by atoms with Crippen LogP contribution in [0.3, 0.4) is 0 Å². The minimum atomic E-state index is -4.60. The van der Waals surface area contributed by atoms with Crippen LogP contribution >= 0.6 is 11.3 Å². The molecule has 1 saturated heterocycles. The molecule has 10 heteroatoms. The van der Waals surface area contributed by atoms with E-state index in [9.17, 15) is 13.2 Å². The minimum Gasteiger partial charge on any atom is -0.378 e. The molecule has 1 atom stereocenters. The summed E-state index contributed by atoms with van der Waals surface area (Å²) < 4.78 is 46.6. The maximum atomic E-state index is 13.7. The van der Waals surface area contributed by atoms with Crippen LogP contribution < -0.4 is 15.5 Å². The minimum absolute atomic E-state index is 0.0297. The summed E-state index contributed by atoms with van der Waals surface area (Å²) in [5.74, 6) is 0.330. The molecular formula is C27H28F3N5OS. The van der Waals surface area contributed by atoms with Gasteiger partial charge in [0.15, 0.2) is 11.5 Å². The van der Waals surface area contributed by atoms with Crippen LogP contribution in [0.5, 0.6) is 0 Å². The van der Waals surface area contributed by atoms with Gasteiger partial charge >= 0.3 is 6.18 Å². The average molecular weight is 528 g/mol. The molecule has 2 aromatic carbocycles. The van der Waals surface area contributed by atoms with Crippen molar-refractivity contribution in [2.75, 3.05) is 43.6 Å². The molecular weight excluding hydrogens is 499 g/mol. The van der Waals surface area contributed by atoms with Crippen molar-refractivity contribution < 1.29 is 17.9 Å². The Morgan fingerprint density at radius 3 is 2.57 bits per heavy atom. The lowest BCUT2D eigenvalue weighted by Gasteiger charge is -2.29. The Morgan fingerprint density at radius 1 is 1.03 bits per heavy atom. The molecule has 0 spiro atoms. The van der Waals surface area contributed by atoms with Crippen molar-refractivity contribution in [1.82, 2.24) is 15.5 Å². The van der Waals surface area contributed by atoms with E-state index in [0.717, 1.165) is 27.5 Å². The molecule has 1 fully saturated rings. The van der Waals surface area contributed by atoms with Crippen LogP contribution in [0.4, 0.5) is 24.7 Å². The third-order valence-corrected chi connectivity index (χ3v) is 7.77. The molecule has 0 unspecified atom stereocenters. The quantitative estimate of drug-likeness (QED) is 0.303. The van der Waals surface area contributed by atoms with Gasteiger partial charge in [0.25, 0.3) is 0 Å². The highest BCUT2D eigenvalue weighted by Gasteiger charge is 2.36. The standard InChI is InChI=1S/C27H28F3N5OS/c1-17(23-9-10-24(37-23)20-6-4-3-5-18(20)16-31-2)32-26-22-15-19(35-11-13-36-14-12-35)7-8-21(22)25(33-34-26)27(28,29)30/h3-10,15,17,31H,11-14,16H2,1-2H3,(H,32,34)/t17-/m1/s1. The lowest BCUT2D eigenvalue weighted by molar-refractivity contribution is -0.140. The van der Waals surface area contributed by atoms with Gasteiger partial charge in [0, 0.05) is 45.8 Å². The number of morpholine rings is 1. The van der Waals surface area contributed by atoms with Crippen molar-refractivity contribution in [1.29, 1.82) is 0 Å². The highest BCUT2D eigenvalue weighted by Crippen LogP contribution is 2.39. The fourth-order valence-electron chi connectivity index (χ4n) is 4.59. The maximum Gasteiger partial charge on any atom is 0.435 e. The van der Waals surface area contributed by atoms with Crippen molar-refractivity contribution >= 4 is 33.6 Å². The zero-order valence-electron chi connectivity index (χ0n) is 20.6. The van der Waals surface area contributed by atoms with Crippen molar-refractivity contribution in [3.8, 4) is 10.4 Å². The number of ether oxygens (including phenoxy) is 1. The van der Waals surface area contributed by atoms with Gasteiger partial charge in [-0.2, -0.15) is 13.2 Å². The number of alkyl halides is 3. The number of fused-ring (bicyclic) bond motifs is 1. The summed E-state index contributed by atoms with van der Waals surface area (Å²) in [7, 11) is 1.92. The number of hydrogen-bond donors (Lipinski definition) is 2. The normalized spacial score (nSPS) is 15.2. The second-order valence-corrected chi connectivity index (χ2v) is 10.1. The SMILES string of the molecule is CNCc1ccccc1-c1ccc([C@@H](C)Nc2nnc(C(F)(F)F)c3ccc(N4CCOCC4)cc23)s1. The highest BCUT2D eigenvalue weighted by atomic mass is 32.1. The van der Waals surface area contributed by atoms with E-state index in [-0.39, 0.29) is 11.4 Å². The Hall–Kier alpha value is -3.21. The Bertz CT molecular complexity index is 1380. The summed E-state index contributed by atoms with van der Waals surface area (Å²) in [5.41, 5.74) is 2.23. The molecule has 0 bridgehead atoms. The summed E-state index contributed by atoms with van der Waals surface area (Å²) >= 11 is 1.65. The number of aromatic nitrogens is 2. The van der Waals surface area contributed by atoms with E-state index in [2.05, 4.69) is 43.9 Å². The van der Waals surface area contributed by atoms with Gasteiger partial charge in [0.1, 0.15) is 0 Å². The van der Waals surface area contributed by atoms with E-state index < -0.39 is 11.9 Å². The van der Waals surface area contributed by atoms with Gasteiger partial charge in [-0.05, 0) is 55.4 Å². The first-order chi connectivity index (χ1) is 17.8. The molecule has 2 N–H and O–H groups in total. The van der Waals surface area contributed by atoms with E-state index in [1.807, 2.05) is 32.2 Å². The molecule has 2 aromatic heterocycles. The molecule has 0 radical (unpaired) electrons. The van der Waals surface area contributed by atoms with Crippen LogP contribution in [-0.4, -0.2) is 43.5 Å². The number of anilines is 2. The number of thiophene rings is 1. The zero-order chi connectivity index (χ0) is 26.0. The van der Waals surface area contributed by atoms with Crippen LogP contribution in [0.25, 0.3) is 21.2 Å². The van der Waals surface area contributed by atoms with Crippen LogP contribution in [0.15, 0.2) is 54.6 Å². The molecule has 0 aliphatic carbocycles. The van der Waals surface area contributed by atoms with E-state index in [0.29, 0.717) is 37.5 Å². The van der Waals surface area contributed by atoms with Crippen LogP contribution in [0, 0.1) is 0 Å². The van der Waals surface area contributed by atoms with Gasteiger partial charge in [-0.3, -0.25) is 0 Å². The molecule has 6 nitrogen and oxygen atoms in total. The predicted molar refractivity (Wildman–Crippen MR) is 142 cm³/mol. The van der Waals surface area contributed by atoms with Gasteiger partial charge in [0.05, 0.1) is 19.3 Å². The van der Waals surface area contributed by atoms with E-state index in [1.165, 1.54) is 11.6 Å².